The molecule has 8 nitrogen and oxygen atoms in total. The summed E-state index contributed by atoms with van der Waals surface area (Å²) in [6.07, 6.45) is 2.30. The van der Waals surface area contributed by atoms with Crippen molar-refractivity contribution in [3.05, 3.63) is 95.1 Å². The maximum Gasteiger partial charge on any atom is 0.408 e. The molecule has 4 rings (SSSR count). The van der Waals surface area contributed by atoms with Crippen LogP contribution in [0.5, 0.6) is 5.88 Å². The summed E-state index contributed by atoms with van der Waals surface area (Å²) >= 11 is 0. The standard InChI is InChI=1S/C34H39N3O5/c1-6-8-14-27(37-33(40)42-34(3,4)5)22-15-18-25(19-16-22)35-30(23-12-10-9-11-13-23)29-26-20-17-24(32(39)41-7-2)21-28(26)36-31(29)38/h9-13,15-21,27,36,38H,6-8,14H2,1-5H3,(H,37,40). The molecule has 0 bridgehead atoms. The Bertz CT molecular complexity index is 1550. The average Bonchev–Trinajstić information content (AvgIpc) is 3.28. The molecular formula is C34H39N3O5. The number of hydrogen-bond donors (Lipinski definition) is 3. The number of ether oxygens (including phenoxy) is 2. The van der Waals surface area contributed by atoms with Crippen LogP contribution in [-0.4, -0.2) is 40.1 Å². The van der Waals surface area contributed by atoms with Gasteiger partial charge < -0.3 is 24.9 Å². The molecule has 1 heterocycles. The molecule has 1 atom stereocenters. The first-order valence-corrected chi connectivity index (χ1v) is 14.4. The first-order valence-electron chi connectivity index (χ1n) is 14.4. The molecule has 0 aliphatic rings. The van der Waals surface area contributed by atoms with Crippen LogP contribution >= 0.6 is 0 Å². The van der Waals surface area contributed by atoms with Crippen molar-refractivity contribution in [1.82, 2.24) is 10.3 Å². The molecule has 220 valence electrons. The zero-order valence-electron chi connectivity index (χ0n) is 24.9. The number of carbonyl (C=O) groups excluding carboxylic acids is 2. The van der Waals surface area contributed by atoms with Crippen LogP contribution in [-0.2, 0) is 9.47 Å². The summed E-state index contributed by atoms with van der Waals surface area (Å²) in [5.74, 6) is -0.475. The molecule has 0 saturated heterocycles. The third-order valence-electron chi connectivity index (χ3n) is 6.65. The van der Waals surface area contributed by atoms with Gasteiger partial charge in [0, 0.05) is 16.5 Å². The molecule has 1 amide bonds. The minimum absolute atomic E-state index is 0.0496. The van der Waals surface area contributed by atoms with Gasteiger partial charge in [-0.25, -0.2) is 14.6 Å². The van der Waals surface area contributed by atoms with Gasteiger partial charge in [-0.3, -0.25) is 0 Å². The van der Waals surface area contributed by atoms with Crippen molar-refractivity contribution in [2.45, 2.75) is 65.5 Å². The molecule has 42 heavy (non-hydrogen) atoms. The summed E-state index contributed by atoms with van der Waals surface area (Å²) in [6, 6.07) is 22.3. The number of amides is 1. The molecule has 0 saturated carbocycles. The second-order valence-electron chi connectivity index (χ2n) is 11.1. The number of alkyl carbamates (subject to hydrolysis) is 1. The summed E-state index contributed by atoms with van der Waals surface area (Å²) in [5, 5.41) is 14.8. The molecule has 0 aliphatic carbocycles. The van der Waals surface area contributed by atoms with Crippen LogP contribution in [0.15, 0.2) is 77.8 Å². The number of H-pyrrole nitrogens is 1. The number of hydrogen-bond acceptors (Lipinski definition) is 6. The van der Waals surface area contributed by atoms with E-state index in [1.54, 1.807) is 25.1 Å². The van der Waals surface area contributed by atoms with Gasteiger partial charge in [0.1, 0.15) is 5.60 Å². The van der Waals surface area contributed by atoms with Crippen LogP contribution in [0.1, 0.15) is 87.0 Å². The lowest BCUT2D eigenvalue weighted by atomic mass is 9.99. The zero-order valence-corrected chi connectivity index (χ0v) is 24.9. The van der Waals surface area contributed by atoms with Crippen molar-refractivity contribution in [3.8, 4) is 5.88 Å². The van der Waals surface area contributed by atoms with E-state index in [4.69, 9.17) is 14.5 Å². The van der Waals surface area contributed by atoms with E-state index in [1.165, 1.54) is 0 Å². The minimum atomic E-state index is -0.583. The molecule has 3 aromatic carbocycles. The SMILES string of the molecule is CCCCC(NC(=O)OC(C)(C)C)c1ccc(N=C(c2ccccc2)c2c(O)[nH]c3cc(C(=O)OCC)ccc23)cc1. The highest BCUT2D eigenvalue weighted by Crippen LogP contribution is 2.33. The Balaban J connectivity index is 1.71. The number of aromatic amines is 1. The lowest BCUT2D eigenvalue weighted by molar-refractivity contribution is 0.0496. The zero-order chi connectivity index (χ0) is 30.3. The second kappa shape index (κ2) is 13.4. The topological polar surface area (TPSA) is 113 Å². The Labute approximate surface area is 246 Å². The van der Waals surface area contributed by atoms with E-state index < -0.39 is 17.7 Å². The highest BCUT2D eigenvalue weighted by Gasteiger charge is 2.22. The number of benzene rings is 3. The number of aromatic nitrogens is 1. The molecule has 4 aromatic rings. The summed E-state index contributed by atoms with van der Waals surface area (Å²) < 4.78 is 10.6. The molecular weight excluding hydrogens is 530 g/mol. The van der Waals surface area contributed by atoms with E-state index in [9.17, 15) is 14.7 Å². The maximum absolute atomic E-state index is 12.5. The number of nitrogens with zero attached hydrogens (tertiary/aromatic N) is 1. The van der Waals surface area contributed by atoms with Crippen molar-refractivity contribution in [1.29, 1.82) is 0 Å². The lowest BCUT2D eigenvalue weighted by Gasteiger charge is -2.24. The second-order valence-corrected chi connectivity index (χ2v) is 11.1. The molecule has 3 N–H and O–H groups in total. The molecule has 0 radical (unpaired) electrons. The largest absolute Gasteiger partial charge is 0.494 e. The number of unbranched alkanes of at least 4 members (excludes halogenated alkanes) is 1. The fourth-order valence-electron chi connectivity index (χ4n) is 4.72. The van der Waals surface area contributed by atoms with Gasteiger partial charge >= 0.3 is 12.1 Å². The van der Waals surface area contributed by atoms with E-state index in [0.717, 1.165) is 35.8 Å². The maximum atomic E-state index is 12.5. The number of carbonyl (C=O) groups is 2. The number of nitrogens with one attached hydrogen (secondary N) is 2. The Hall–Kier alpha value is -4.59. The molecule has 0 fully saturated rings. The number of aromatic hydroxyl groups is 1. The monoisotopic (exact) mass is 569 g/mol. The van der Waals surface area contributed by atoms with Gasteiger partial charge in [-0.1, -0.05) is 68.3 Å². The van der Waals surface area contributed by atoms with Crippen molar-refractivity contribution in [2.24, 2.45) is 4.99 Å². The first kappa shape index (κ1) is 30.4. The summed E-state index contributed by atoms with van der Waals surface area (Å²) in [4.78, 5) is 32.8. The smallest absolute Gasteiger partial charge is 0.408 e. The van der Waals surface area contributed by atoms with E-state index in [-0.39, 0.29) is 18.5 Å². The van der Waals surface area contributed by atoms with E-state index in [2.05, 4.69) is 17.2 Å². The Morgan fingerprint density at radius 3 is 2.33 bits per heavy atom. The Morgan fingerprint density at radius 2 is 1.69 bits per heavy atom. The lowest BCUT2D eigenvalue weighted by Crippen LogP contribution is -2.35. The van der Waals surface area contributed by atoms with Gasteiger partial charge in [-0.15, -0.1) is 0 Å². The molecule has 8 heteroatoms. The molecule has 1 aromatic heterocycles. The normalized spacial score (nSPS) is 12.6. The fourth-order valence-corrected chi connectivity index (χ4v) is 4.72. The quantitative estimate of drug-likeness (QED) is 0.132. The number of aliphatic imine (C=N–C) groups is 1. The van der Waals surface area contributed by atoms with E-state index in [1.807, 2.05) is 75.4 Å². The third kappa shape index (κ3) is 7.57. The Kier molecular flexibility index (Phi) is 9.68. The summed E-state index contributed by atoms with van der Waals surface area (Å²) in [6.45, 7) is 9.68. The number of rotatable bonds is 10. The predicted molar refractivity (Wildman–Crippen MR) is 166 cm³/mol. The minimum Gasteiger partial charge on any atom is -0.494 e. The van der Waals surface area contributed by atoms with Crippen LogP contribution in [0.25, 0.3) is 10.9 Å². The highest BCUT2D eigenvalue weighted by molar-refractivity contribution is 6.22. The van der Waals surface area contributed by atoms with Gasteiger partial charge in [0.15, 0.2) is 5.88 Å². The van der Waals surface area contributed by atoms with E-state index >= 15 is 0 Å². The van der Waals surface area contributed by atoms with Crippen LogP contribution in [0.3, 0.4) is 0 Å². The van der Waals surface area contributed by atoms with Crippen molar-refractivity contribution < 1.29 is 24.2 Å². The first-order chi connectivity index (χ1) is 20.1. The van der Waals surface area contributed by atoms with Crippen molar-refractivity contribution >= 4 is 34.4 Å². The highest BCUT2D eigenvalue weighted by atomic mass is 16.6. The Morgan fingerprint density at radius 1 is 0.976 bits per heavy atom. The number of fused-ring (bicyclic) bond motifs is 1. The fraction of sp³-hybridized carbons (Fsp3) is 0.324. The molecule has 0 spiro atoms. The van der Waals surface area contributed by atoms with E-state index in [0.29, 0.717) is 28.0 Å². The van der Waals surface area contributed by atoms with Crippen LogP contribution in [0, 0.1) is 0 Å². The average molecular weight is 570 g/mol. The van der Waals surface area contributed by atoms with Gasteiger partial charge in [-0.2, -0.15) is 0 Å². The predicted octanol–water partition coefficient (Wildman–Crippen LogP) is 7.98. The number of esters is 1. The third-order valence-corrected chi connectivity index (χ3v) is 6.65. The molecule has 1 unspecified atom stereocenters. The summed E-state index contributed by atoms with van der Waals surface area (Å²) in [7, 11) is 0. The van der Waals surface area contributed by atoms with Crippen LogP contribution in [0.4, 0.5) is 10.5 Å². The van der Waals surface area contributed by atoms with Gasteiger partial charge in [0.2, 0.25) is 0 Å². The summed E-state index contributed by atoms with van der Waals surface area (Å²) in [5.41, 5.74) is 3.97. The van der Waals surface area contributed by atoms with Crippen LogP contribution < -0.4 is 5.32 Å². The molecule has 0 aliphatic heterocycles. The van der Waals surface area contributed by atoms with Gasteiger partial charge in [0.25, 0.3) is 0 Å². The van der Waals surface area contributed by atoms with Crippen LogP contribution in [0.2, 0.25) is 0 Å². The van der Waals surface area contributed by atoms with Gasteiger partial charge in [0.05, 0.1) is 35.2 Å². The van der Waals surface area contributed by atoms with Crippen molar-refractivity contribution in [2.75, 3.05) is 6.61 Å². The van der Waals surface area contributed by atoms with Crippen molar-refractivity contribution in [3.63, 3.8) is 0 Å². The van der Waals surface area contributed by atoms with Gasteiger partial charge in [-0.05, 0) is 63.9 Å².